The Bertz CT molecular complexity index is 889. The lowest BCUT2D eigenvalue weighted by molar-refractivity contribution is -0.116. The van der Waals surface area contributed by atoms with E-state index in [2.05, 4.69) is 21.2 Å². The normalized spacial score (nSPS) is 12.5. The van der Waals surface area contributed by atoms with E-state index in [0.29, 0.717) is 4.47 Å². The smallest absolute Gasteiger partial charge is 0.248 e. The van der Waals surface area contributed by atoms with Crippen molar-refractivity contribution in [2.75, 3.05) is 15.9 Å². The lowest BCUT2D eigenvalue weighted by Gasteiger charge is -2.28. The van der Waals surface area contributed by atoms with Crippen LogP contribution in [0.3, 0.4) is 0 Å². The van der Waals surface area contributed by atoms with E-state index in [0.717, 1.165) is 22.7 Å². The summed E-state index contributed by atoms with van der Waals surface area (Å²) in [4.78, 5) is 12.4. The summed E-state index contributed by atoms with van der Waals surface area (Å²) in [6.45, 7) is 1.36. The number of halogens is 3. The van der Waals surface area contributed by atoms with Crippen molar-refractivity contribution in [2.45, 2.75) is 13.0 Å². The van der Waals surface area contributed by atoms with Gasteiger partial charge in [0, 0.05) is 4.47 Å². The van der Waals surface area contributed by atoms with Crippen LogP contribution in [0.15, 0.2) is 46.9 Å². The Morgan fingerprint density at radius 3 is 2.28 bits per heavy atom. The third-order valence-electron chi connectivity index (χ3n) is 3.36. The molecule has 0 aliphatic carbocycles. The maximum atomic E-state index is 13.9. The fourth-order valence-electron chi connectivity index (χ4n) is 2.22. The van der Waals surface area contributed by atoms with Crippen LogP contribution in [0.2, 0.25) is 0 Å². The molecule has 2 aromatic carbocycles. The predicted octanol–water partition coefficient (Wildman–Crippen LogP) is 3.52. The number of nitrogens with one attached hydrogen (secondary N) is 1. The molecule has 0 heterocycles. The molecule has 0 saturated heterocycles. The van der Waals surface area contributed by atoms with Gasteiger partial charge in [0.15, 0.2) is 0 Å². The summed E-state index contributed by atoms with van der Waals surface area (Å²) in [7, 11) is -3.84. The Kier molecular flexibility index (Phi) is 5.79. The second-order valence-corrected chi connectivity index (χ2v) is 8.10. The molecule has 0 radical (unpaired) electrons. The summed E-state index contributed by atoms with van der Waals surface area (Å²) in [6.07, 6.45) is 0.931. The van der Waals surface area contributed by atoms with E-state index in [1.54, 1.807) is 0 Å². The number of carbonyl (C=O) groups excluding carboxylic acids is 1. The Morgan fingerprint density at radius 1 is 1.16 bits per heavy atom. The Labute approximate surface area is 152 Å². The van der Waals surface area contributed by atoms with Gasteiger partial charge in [0.2, 0.25) is 15.9 Å². The van der Waals surface area contributed by atoms with E-state index in [9.17, 15) is 22.0 Å². The summed E-state index contributed by atoms with van der Waals surface area (Å²) in [6, 6.07) is 7.57. The van der Waals surface area contributed by atoms with Gasteiger partial charge in [0.05, 0.1) is 17.6 Å². The van der Waals surface area contributed by atoms with Gasteiger partial charge in [-0.3, -0.25) is 9.10 Å². The number of hydrogen-bond acceptors (Lipinski definition) is 3. The summed E-state index contributed by atoms with van der Waals surface area (Å²) < 4.78 is 52.5. The van der Waals surface area contributed by atoms with E-state index in [1.165, 1.54) is 37.3 Å². The fraction of sp³-hybridized carbons (Fsp3) is 0.188. The van der Waals surface area contributed by atoms with E-state index in [-0.39, 0.29) is 11.4 Å². The second-order valence-electron chi connectivity index (χ2n) is 5.32. The minimum atomic E-state index is -3.84. The first kappa shape index (κ1) is 19.3. The van der Waals surface area contributed by atoms with Crippen LogP contribution in [-0.4, -0.2) is 26.6 Å². The lowest BCUT2D eigenvalue weighted by atomic mass is 10.2. The average Bonchev–Trinajstić information content (AvgIpc) is 2.50. The van der Waals surface area contributed by atoms with Crippen LogP contribution in [-0.2, 0) is 14.8 Å². The molecular formula is C16H15BrF2N2O3S. The van der Waals surface area contributed by atoms with Crippen LogP contribution < -0.4 is 9.62 Å². The number of benzene rings is 2. The molecule has 2 aromatic rings. The number of sulfonamides is 1. The first-order chi connectivity index (χ1) is 11.6. The highest BCUT2D eigenvalue weighted by Gasteiger charge is 2.29. The van der Waals surface area contributed by atoms with Crippen LogP contribution >= 0.6 is 15.9 Å². The number of carbonyl (C=O) groups is 1. The Morgan fingerprint density at radius 2 is 1.76 bits per heavy atom. The molecule has 2 rings (SSSR count). The van der Waals surface area contributed by atoms with Crippen molar-refractivity contribution in [2.24, 2.45) is 0 Å². The van der Waals surface area contributed by atoms with Gasteiger partial charge in [-0.25, -0.2) is 17.2 Å². The first-order valence-electron chi connectivity index (χ1n) is 7.10. The fourth-order valence-corrected chi connectivity index (χ4v) is 3.73. The van der Waals surface area contributed by atoms with Crippen LogP contribution in [0.25, 0.3) is 0 Å². The third-order valence-corrected chi connectivity index (χ3v) is 5.09. The van der Waals surface area contributed by atoms with E-state index >= 15 is 0 Å². The van der Waals surface area contributed by atoms with Crippen molar-refractivity contribution in [1.29, 1.82) is 0 Å². The molecule has 0 aliphatic heterocycles. The molecule has 0 aromatic heterocycles. The highest BCUT2D eigenvalue weighted by Crippen LogP contribution is 2.23. The molecule has 0 saturated carbocycles. The molecule has 0 aliphatic rings. The lowest BCUT2D eigenvalue weighted by Crippen LogP contribution is -2.45. The van der Waals surface area contributed by atoms with Gasteiger partial charge in [-0.05, 0) is 49.4 Å². The van der Waals surface area contributed by atoms with Gasteiger partial charge in [0.25, 0.3) is 0 Å². The summed E-state index contributed by atoms with van der Waals surface area (Å²) in [5.74, 6) is -1.93. The number of nitrogens with zero attached hydrogens (tertiary/aromatic N) is 1. The van der Waals surface area contributed by atoms with Crippen LogP contribution in [0.5, 0.6) is 0 Å². The van der Waals surface area contributed by atoms with Crippen LogP contribution in [0.1, 0.15) is 6.92 Å². The zero-order chi connectivity index (χ0) is 18.8. The number of hydrogen-bond donors (Lipinski definition) is 1. The van der Waals surface area contributed by atoms with Gasteiger partial charge in [-0.15, -0.1) is 0 Å². The van der Waals surface area contributed by atoms with E-state index in [1.807, 2.05) is 0 Å². The zero-order valence-electron chi connectivity index (χ0n) is 13.3. The Hall–Kier alpha value is -2.00. The van der Waals surface area contributed by atoms with Crippen molar-refractivity contribution in [3.05, 3.63) is 58.6 Å². The zero-order valence-corrected chi connectivity index (χ0v) is 15.7. The van der Waals surface area contributed by atoms with Crippen molar-refractivity contribution < 1.29 is 22.0 Å². The highest BCUT2D eigenvalue weighted by atomic mass is 79.9. The molecule has 1 N–H and O–H groups in total. The molecule has 0 spiro atoms. The summed E-state index contributed by atoms with van der Waals surface area (Å²) in [5.41, 5.74) is 0.0513. The molecule has 0 fully saturated rings. The SMILES string of the molecule is CC(C(=O)Nc1ccc(Br)cc1F)N(c1ccc(F)cc1)S(C)(=O)=O. The number of anilines is 2. The Balaban J connectivity index is 2.31. The standard InChI is InChI=1S/C16H15BrF2N2O3S/c1-10(16(22)20-15-8-3-11(17)9-14(15)19)21(25(2,23)24)13-6-4-12(18)5-7-13/h3-10H,1-2H3,(H,20,22). The van der Waals surface area contributed by atoms with Crippen molar-refractivity contribution in [3.8, 4) is 0 Å². The van der Waals surface area contributed by atoms with Gasteiger partial charge in [-0.2, -0.15) is 0 Å². The van der Waals surface area contributed by atoms with Crippen molar-refractivity contribution >= 4 is 43.2 Å². The topological polar surface area (TPSA) is 66.5 Å². The summed E-state index contributed by atoms with van der Waals surface area (Å²) in [5, 5.41) is 2.36. The minimum absolute atomic E-state index is 0.0763. The quantitative estimate of drug-likeness (QED) is 0.785. The van der Waals surface area contributed by atoms with E-state index < -0.39 is 33.6 Å². The molecule has 0 bridgehead atoms. The largest absolute Gasteiger partial charge is 0.322 e. The molecular weight excluding hydrogens is 418 g/mol. The van der Waals surface area contributed by atoms with Gasteiger partial charge in [0.1, 0.15) is 17.7 Å². The van der Waals surface area contributed by atoms with Crippen LogP contribution in [0, 0.1) is 11.6 Å². The molecule has 134 valence electrons. The molecule has 1 atom stereocenters. The van der Waals surface area contributed by atoms with Crippen molar-refractivity contribution in [3.63, 3.8) is 0 Å². The average molecular weight is 433 g/mol. The maximum absolute atomic E-state index is 13.9. The molecule has 25 heavy (non-hydrogen) atoms. The van der Waals surface area contributed by atoms with Crippen LogP contribution in [0.4, 0.5) is 20.2 Å². The predicted molar refractivity (Wildman–Crippen MR) is 95.9 cm³/mol. The second kappa shape index (κ2) is 7.49. The highest BCUT2D eigenvalue weighted by molar-refractivity contribution is 9.10. The molecule has 9 heteroatoms. The van der Waals surface area contributed by atoms with Gasteiger partial charge < -0.3 is 5.32 Å². The number of amides is 1. The monoisotopic (exact) mass is 432 g/mol. The van der Waals surface area contributed by atoms with E-state index in [4.69, 9.17) is 0 Å². The first-order valence-corrected chi connectivity index (χ1v) is 9.74. The maximum Gasteiger partial charge on any atom is 0.248 e. The van der Waals surface area contributed by atoms with Gasteiger partial charge in [-0.1, -0.05) is 15.9 Å². The number of rotatable bonds is 5. The third kappa shape index (κ3) is 4.76. The van der Waals surface area contributed by atoms with Gasteiger partial charge >= 0.3 is 0 Å². The molecule has 5 nitrogen and oxygen atoms in total. The summed E-state index contributed by atoms with van der Waals surface area (Å²) >= 11 is 3.11. The molecule has 1 unspecified atom stereocenters. The minimum Gasteiger partial charge on any atom is -0.322 e. The molecule has 1 amide bonds. The van der Waals surface area contributed by atoms with Crippen molar-refractivity contribution in [1.82, 2.24) is 0 Å².